The van der Waals surface area contributed by atoms with Crippen molar-refractivity contribution in [3.8, 4) is 17.0 Å². The van der Waals surface area contributed by atoms with Crippen molar-refractivity contribution in [3.05, 3.63) is 105 Å². The molecule has 311 valence electrons. The number of aryl methyl sites for hydroxylation is 3. The molecule has 1 aromatic heterocycles. The molecule has 4 nitrogen and oxygen atoms in total. The van der Waals surface area contributed by atoms with E-state index in [1.165, 1.54) is 50.4 Å². The molecule has 5 heteroatoms. The molecule has 0 amide bonds. The summed E-state index contributed by atoms with van der Waals surface area (Å²) in [6, 6.07) is 21.4. The normalized spacial score (nSPS) is 17.4. The average Bonchev–Trinajstić information content (AvgIpc) is 3.59. The Hall–Kier alpha value is -3.27. The predicted molar refractivity (Wildman–Crippen MR) is 236 cm³/mol. The van der Waals surface area contributed by atoms with Gasteiger partial charge in [0, 0.05) is 53.9 Å². The molecule has 1 radical (unpaired) electrons. The smallest absolute Gasteiger partial charge is 0.165 e. The number of ether oxygens (including phenoxy) is 1. The van der Waals surface area contributed by atoms with E-state index < -0.39 is 5.41 Å². The first-order valence-electron chi connectivity index (χ1n) is 21.2. The number of carbonyl (C=O) groups excluding carboxylic acids is 1. The van der Waals surface area contributed by atoms with Gasteiger partial charge in [0.1, 0.15) is 17.6 Å². The van der Waals surface area contributed by atoms with Crippen molar-refractivity contribution in [1.82, 2.24) is 4.98 Å². The van der Waals surface area contributed by atoms with Gasteiger partial charge in [0.2, 0.25) is 0 Å². The van der Waals surface area contributed by atoms with Gasteiger partial charge < -0.3 is 9.84 Å². The number of carbonyl (C=O) groups is 1. The van der Waals surface area contributed by atoms with Gasteiger partial charge in [-0.15, -0.1) is 29.3 Å². The predicted octanol–water partition coefficient (Wildman–Crippen LogP) is 14.0. The molecule has 2 aliphatic rings. The summed E-state index contributed by atoms with van der Waals surface area (Å²) in [5.41, 5.74) is 11.5. The van der Waals surface area contributed by atoms with Crippen LogP contribution in [0.1, 0.15) is 148 Å². The zero-order chi connectivity index (χ0) is 41.8. The van der Waals surface area contributed by atoms with Gasteiger partial charge in [-0.2, -0.15) is 0 Å². The minimum Gasteiger partial charge on any atom is -0.512 e. The number of aromatic nitrogens is 1. The Morgan fingerprint density at radius 2 is 1.42 bits per heavy atom. The fourth-order valence-corrected chi connectivity index (χ4v) is 9.77. The molecule has 4 aromatic rings. The number of benzene rings is 3. The van der Waals surface area contributed by atoms with E-state index in [0.29, 0.717) is 11.8 Å². The summed E-state index contributed by atoms with van der Waals surface area (Å²) in [7, 11) is 0. The Bertz CT molecular complexity index is 2120. The molecular weight excluding hydrogens is 879 g/mol. The number of hydrogen-bond acceptors (Lipinski definition) is 4. The Labute approximate surface area is 359 Å². The Morgan fingerprint density at radius 1 is 0.842 bits per heavy atom. The quantitative estimate of drug-likeness (QED) is 0.0978. The third kappa shape index (κ3) is 8.32. The molecule has 1 N–H and O–H groups in total. The van der Waals surface area contributed by atoms with Gasteiger partial charge in [-0.1, -0.05) is 127 Å². The molecule has 0 bridgehead atoms. The molecule has 2 unspecified atom stereocenters. The van der Waals surface area contributed by atoms with Crippen LogP contribution in [0.25, 0.3) is 22.2 Å². The summed E-state index contributed by atoms with van der Waals surface area (Å²) in [5.74, 6) is 3.25. The number of fused-ring (bicyclic) bond motifs is 6. The summed E-state index contributed by atoms with van der Waals surface area (Å²) in [6.07, 6.45) is 2.64. The standard InChI is InChI=1S/C33H34NO.C19H36O2.Ir/c1-18(2)13-22-11-12-28-25(17-22)31-32(35-28)24-10-8-9-23(30(24)33(31,6)7)26-16-21(5)29-20(4)14-19(3)15-27(29)34-26;1-12(2)18(9,13(3)4)16(20)11-17(21)19(10,14(5)6)15(7)8;/h8,10-12,14-18,31-32H,13H2,1-7H3;11-15,20H,1-10H3;/q-1;;/b;16-11-;. The van der Waals surface area contributed by atoms with Crippen molar-refractivity contribution in [2.45, 2.75) is 142 Å². The maximum absolute atomic E-state index is 12.8. The molecule has 0 spiro atoms. The van der Waals surface area contributed by atoms with E-state index in [1.54, 1.807) is 0 Å². The molecule has 3 aromatic carbocycles. The Morgan fingerprint density at radius 3 is 1.98 bits per heavy atom. The zero-order valence-corrected chi connectivity index (χ0v) is 40.4. The van der Waals surface area contributed by atoms with E-state index >= 15 is 0 Å². The number of nitrogens with zero attached hydrogens (tertiary/aromatic N) is 1. The molecule has 0 fully saturated rings. The molecule has 1 aliphatic heterocycles. The third-order valence-corrected chi connectivity index (χ3v) is 14.2. The minimum atomic E-state index is -0.442. The van der Waals surface area contributed by atoms with Gasteiger partial charge in [-0.25, -0.2) is 0 Å². The Balaban J connectivity index is 0.000000285. The monoisotopic (exact) mass is 949 g/mol. The van der Waals surface area contributed by atoms with Gasteiger partial charge in [0.15, 0.2) is 5.78 Å². The van der Waals surface area contributed by atoms with E-state index in [9.17, 15) is 9.90 Å². The fraction of sp³-hybridized carbons (Fsp3) is 0.538. The van der Waals surface area contributed by atoms with E-state index in [4.69, 9.17) is 9.72 Å². The van der Waals surface area contributed by atoms with Crippen LogP contribution in [0.3, 0.4) is 0 Å². The van der Waals surface area contributed by atoms with Crippen molar-refractivity contribution in [1.29, 1.82) is 0 Å². The zero-order valence-electron chi connectivity index (χ0n) is 38.0. The fourth-order valence-electron chi connectivity index (χ4n) is 9.77. The van der Waals surface area contributed by atoms with Crippen molar-refractivity contribution in [2.75, 3.05) is 0 Å². The number of ketones is 1. The number of rotatable bonds is 10. The summed E-state index contributed by atoms with van der Waals surface area (Å²) >= 11 is 0. The molecule has 2 heterocycles. The number of aliphatic hydroxyl groups is 1. The van der Waals surface area contributed by atoms with E-state index in [-0.39, 0.29) is 72.3 Å². The second-order valence-electron chi connectivity index (χ2n) is 19.8. The summed E-state index contributed by atoms with van der Waals surface area (Å²) in [6.45, 7) is 36.6. The molecular formula is C52H70IrNO3-. The van der Waals surface area contributed by atoms with Crippen LogP contribution in [0, 0.1) is 67.3 Å². The second kappa shape index (κ2) is 17.1. The molecule has 0 saturated heterocycles. The maximum atomic E-state index is 12.8. The topological polar surface area (TPSA) is 59.4 Å². The van der Waals surface area contributed by atoms with Crippen molar-refractivity contribution < 1.29 is 34.7 Å². The molecule has 2 atom stereocenters. The summed E-state index contributed by atoms with van der Waals surface area (Å²) < 4.78 is 6.63. The number of hydrogen-bond donors (Lipinski definition) is 1. The van der Waals surface area contributed by atoms with Gasteiger partial charge >= 0.3 is 0 Å². The van der Waals surface area contributed by atoms with E-state index in [0.717, 1.165) is 28.9 Å². The minimum absolute atomic E-state index is 0. The van der Waals surface area contributed by atoms with Crippen LogP contribution < -0.4 is 4.74 Å². The molecule has 0 saturated carbocycles. The van der Waals surface area contributed by atoms with Crippen LogP contribution in [-0.2, 0) is 36.7 Å². The van der Waals surface area contributed by atoms with Gasteiger partial charge in [0.25, 0.3) is 0 Å². The maximum Gasteiger partial charge on any atom is 0.165 e. The van der Waals surface area contributed by atoms with Gasteiger partial charge in [-0.05, 0) is 102 Å². The Kier molecular flexibility index (Phi) is 14.0. The van der Waals surface area contributed by atoms with Gasteiger partial charge in [0.05, 0.1) is 5.52 Å². The van der Waals surface area contributed by atoms with E-state index in [2.05, 4.69) is 158 Å². The van der Waals surface area contributed by atoms with Crippen molar-refractivity contribution in [2.24, 2.45) is 40.4 Å². The number of aliphatic hydroxyl groups excluding tert-OH is 1. The van der Waals surface area contributed by atoms with Crippen LogP contribution in [0.2, 0.25) is 0 Å². The van der Waals surface area contributed by atoms with Crippen molar-refractivity contribution >= 4 is 16.7 Å². The number of allylic oxidation sites excluding steroid dienone is 2. The van der Waals surface area contributed by atoms with Crippen LogP contribution in [-0.4, -0.2) is 15.9 Å². The van der Waals surface area contributed by atoms with Crippen molar-refractivity contribution in [3.63, 3.8) is 0 Å². The summed E-state index contributed by atoms with van der Waals surface area (Å²) in [5, 5.41) is 11.9. The molecule has 1 aliphatic carbocycles. The first-order chi connectivity index (χ1) is 26.0. The average molecular weight is 949 g/mol. The van der Waals surface area contributed by atoms with Gasteiger partial charge in [-0.3, -0.25) is 9.78 Å². The molecule has 57 heavy (non-hydrogen) atoms. The van der Waals surface area contributed by atoms with Crippen LogP contribution in [0.15, 0.2) is 60.4 Å². The SMILES string of the molecule is CC(C)C(C)(C(=O)/C=C(\O)C(C)(C(C)C)C(C)C)C(C)C.Cc1cc(C)c2c(C)cc(-c3[c-]ccc4c3C(C)(C)C3c5cc(CC(C)C)ccc5OC43)nc2c1.[Ir]. The molecule has 6 rings (SSSR count). The largest absolute Gasteiger partial charge is 0.512 e. The van der Waals surface area contributed by atoms with E-state index in [1.807, 2.05) is 13.8 Å². The van der Waals surface area contributed by atoms with Crippen LogP contribution >= 0.6 is 0 Å². The van der Waals surface area contributed by atoms with Crippen LogP contribution in [0.5, 0.6) is 5.75 Å². The summed E-state index contributed by atoms with van der Waals surface area (Å²) in [4.78, 5) is 18.0. The second-order valence-corrected chi connectivity index (χ2v) is 19.8. The third-order valence-electron chi connectivity index (χ3n) is 14.2. The van der Waals surface area contributed by atoms with Crippen LogP contribution in [0.4, 0.5) is 0 Å². The first-order valence-corrected chi connectivity index (χ1v) is 21.2. The number of pyridine rings is 1. The first kappa shape index (κ1) is 46.4.